The zero-order valence-electron chi connectivity index (χ0n) is 8.23. The normalized spacial score (nSPS) is 10.0. The highest BCUT2D eigenvalue weighted by Gasteiger charge is 1.90. The van der Waals surface area contributed by atoms with Gasteiger partial charge in [0.25, 0.3) is 0 Å². The van der Waals surface area contributed by atoms with Crippen molar-refractivity contribution >= 4 is 0 Å². The summed E-state index contributed by atoms with van der Waals surface area (Å²) in [5.74, 6) is 0. The van der Waals surface area contributed by atoms with Gasteiger partial charge < -0.3 is 4.74 Å². The molecule has 0 aliphatic heterocycles. The summed E-state index contributed by atoms with van der Waals surface area (Å²) >= 11 is 0. The van der Waals surface area contributed by atoms with Crippen LogP contribution in [0.5, 0.6) is 0 Å². The lowest BCUT2D eigenvalue weighted by Crippen LogP contribution is -1.83. The average molecular weight is 187 g/mol. The first-order valence-corrected chi connectivity index (χ1v) is 4.62. The number of hydrogen-bond acceptors (Lipinski definition) is 2. The number of hydrogen-bond donors (Lipinski definition) is 0. The zero-order chi connectivity index (χ0) is 10.2. The second-order valence-corrected chi connectivity index (χ2v) is 2.84. The number of rotatable bonds is 4. The standard InChI is InChI=1S/C12H13NO/c1-2-14-9-3-4-11-5-7-12(10-13)8-6-11/h3,5-9H,2,4H2,1H3/b9-3+. The smallest absolute Gasteiger partial charge is 0.0991 e. The summed E-state index contributed by atoms with van der Waals surface area (Å²) < 4.78 is 5.07. The third kappa shape index (κ3) is 3.32. The van der Waals surface area contributed by atoms with E-state index in [0.29, 0.717) is 12.2 Å². The fourth-order valence-electron chi connectivity index (χ4n) is 1.06. The molecule has 0 atom stereocenters. The summed E-state index contributed by atoms with van der Waals surface area (Å²) in [7, 11) is 0. The van der Waals surface area contributed by atoms with E-state index in [2.05, 4.69) is 6.07 Å². The molecule has 0 spiro atoms. The summed E-state index contributed by atoms with van der Waals surface area (Å²) in [4.78, 5) is 0. The molecule has 2 heteroatoms. The van der Waals surface area contributed by atoms with Gasteiger partial charge in [-0.2, -0.15) is 5.26 Å². The van der Waals surface area contributed by atoms with Gasteiger partial charge in [0.05, 0.1) is 24.5 Å². The van der Waals surface area contributed by atoms with Crippen molar-refractivity contribution in [1.29, 1.82) is 5.26 Å². The first-order chi connectivity index (χ1) is 6.86. The molecule has 0 fully saturated rings. The monoisotopic (exact) mass is 187 g/mol. The highest BCUT2D eigenvalue weighted by molar-refractivity contribution is 5.32. The Labute approximate surface area is 84.4 Å². The van der Waals surface area contributed by atoms with Crippen molar-refractivity contribution in [3.63, 3.8) is 0 Å². The van der Waals surface area contributed by atoms with E-state index in [1.807, 2.05) is 37.3 Å². The molecule has 1 aromatic rings. The second kappa shape index (κ2) is 5.82. The van der Waals surface area contributed by atoms with Crippen molar-refractivity contribution in [1.82, 2.24) is 0 Å². The summed E-state index contributed by atoms with van der Waals surface area (Å²) in [6, 6.07) is 9.64. The van der Waals surface area contributed by atoms with E-state index in [1.165, 1.54) is 5.56 Å². The van der Waals surface area contributed by atoms with Gasteiger partial charge in [-0.05, 0) is 37.1 Å². The predicted molar refractivity (Wildman–Crippen MR) is 55.6 cm³/mol. The van der Waals surface area contributed by atoms with Crippen molar-refractivity contribution in [2.24, 2.45) is 0 Å². The number of ether oxygens (including phenoxy) is 1. The Hall–Kier alpha value is -1.75. The molecule has 2 nitrogen and oxygen atoms in total. The molecule has 0 radical (unpaired) electrons. The quantitative estimate of drug-likeness (QED) is 0.679. The molecule has 0 N–H and O–H groups in total. The molecular weight excluding hydrogens is 174 g/mol. The van der Waals surface area contributed by atoms with Crippen LogP contribution in [0, 0.1) is 11.3 Å². The van der Waals surface area contributed by atoms with E-state index in [1.54, 1.807) is 6.26 Å². The summed E-state index contributed by atoms with van der Waals surface area (Å²) in [5.41, 5.74) is 1.88. The molecule has 0 bridgehead atoms. The first-order valence-electron chi connectivity index (χ1n) is 4.62. The van der Waals surface area contributed by atoms with Crippen LogP contribution in [-0.4, -0.2) is 6.61 Å². The van der Waals surface area contributed by atoms with Crippen LogP contribution in [0.4, 0.5) is 0 Å². The first kappa shape index (κ1) is 10.3. The number of nitriles is 1. The Kier molecular flexibility index (Phi) is 4.30. The molecule has 1 aromatic carbocycles. The number of benzene rings is 1. The van der Waals surface area contributed by atoms with Gasteiger partial charge >= 0.3 is 0 Å². The van der Waals surface area contributed by atoms with E-state index < -0.39 is 0 Å². The van der Waals surface area contributed by atoms with Crippen LogP contribution < -0.4 is 0 Å². The van der Waals surface area contributed by atoms with Crippen LogP contribution in [0.2, 0.25) is 0 Å². The molecule has 0 aromatic heterocycles. The fourth-order valence-corrected chi connectivity index (χ4v) is 1.06. The molecule has 0 amide bonds. The highest BCUT2D eigenvalue weighted by Crippen LogP contribution is 2.04. The molecule has 1 rings (SSSR count). The van der Waals surface area contributed by atoms with Gasteiger partial charge in [-0.15, -0.1) is 0 Å². The van der Waals surface area contributed by atoms with Gasteiger partial charge in [0.2, 0.25) is 0 Å². The molecule has 0 aliphatic carbocycles. The van der Waals surface area contributed by atoms with Crippen LogP contribution in [0.1, 0.15) is 18.1 Å². The minimum Gasteiger partial charge on any atom is -0.502 e. The van der Waals surface area contributed by atoms with Gasteiger partial charge in [0, 0.05) is 0 Å². The van der Waals surface area contributed by atoms with Crippen molar-refractivity contribution in [3.05, 3.63) is 47.7 Å². The minimum absolute atomic E-state index is 0.697. The number of allylic oxidation sites excluding steroid dienone is 1. The topological polar surface area (TPSA) is 33.0 Å². The zero-order valence-corrected chi connectivity index (χ0v) is 8.23. The van der Waals surface area contributed by atoms with Gasteiger partial charge in [0.1, 0.15) is 0 Å². The van der Waals surface area contributed by atoms with Crippen molar-refractivity contribution in [2.75, 3.05) is 6.61 Å². The van der Waals surface area contributed by atoms with Crippen molar-refractivity contribution in [2.45, 2.75) is 13.3 Å². The van der Waals surface area contributed by atoms with E-state index >= 15 is 0 Å². The molecule has 0 saturated carbocycles. The fraction of sp³-hybridized carbons (Fsp3) is 0.250. The third-order valence-corrected chi connectivity index (χ3v) is 1.80. The van der Waals surface area contributed by atoms with E-state index in [4.69, 9.17) is 10.00 Å². The van der Waals surface area contributed by atoms with E-state index in [9.17, 15) is 0 Å². The lowest BCUT2D eigenvalue weighted by Gasteiger charge is -1.96. The van der Waals surface area contributed by atoms with Gasteiger partial charge in [-0.1, -0.05) is 12.1 Å². The molecule has 14 heavy (non-hydrogen) atoms. The Morgan fingerprint density at radius 1 is 1.36 bits per heavy atom. The predicted octanol–water partition coefficient (Wildman–Crippen LogP) is 2.65. The molecule has 0 aliphatic rings. The largest absolute Gasteiger partial charge is 0.502 e. The van der Waals surface area contributed by atoms with Crippen LogP contribution in [0.25, 0.3) is 0 Å². The van der Waals surface area contributed by atoms with Gasteiger partial charge in [-0.3, -0.25) is 0 Å². The van der Waals surface area contributed by atoms with Crippen LogP contribution in [0.15, 0.2) is 36.6 Å². The maximum absolute atomic E-state index is 8.59. The van der Waals surface area contributed by atoms with Crippen molar-refractivity contribution in [3.8, 4) is 6.07 Å². The summed E-state index contributed by atoms with van der Waals surface area (Å²) in [5, 5.41) is 8.59. The molecule has 0 saturated heterocycles. The molecular formula is C12H13NO. The van der Waals surface area contributed by atoms with E-state index in [-0.39, 0.29) is 0 Å². The van der Waals surface area contributed by atoms with Crippen molar-refractivity contribution < 1.29 is 4.74 Å². The van der Waals surface area contributed by atoms with Gasteiger partial charge in [0.15, 0.2) is 0 Å². The molecule has 0 heterocycles. The third-order valence-electron chi connectivity index (χ3n) is 1.80. The van der Waals surface area contributed by atoms with Crippen LogP contribution >= 0.6 is 0 Å². The maximum atomic E-state index is 8.59. The van der Waals surface area contributed by atoms with Crippen LogP contribution in [0.3, 0.4) is 0 Å². The Morgan fingerprint density at radius 3 is 2.64 bits per heavy atom. The Bertz CT molecular complexity index is 332. The van der Waals surface area contributed by atoms with Crippen LogP contribution in [-0.2, 0) is 11.2 Å². The lowest BCUT2D eigenvalue weighted by molar-refractivity contribution is 0.268. The molecule has 0 unspecified atom stereocenters. The maximum Gasteiger partial charge on any atom is 0.0991 e. The Morgan fingerprint density at radius 2 is 2.07 bits per heavy atom. The van der Waals surface area contributed by atoms with E-state index in [0.717, 1.165) is 6.42 Å². The average Bonchev–Trinajstić information content (AvgIpc) is 2.25. The SMILES string of the molecule is CCO/C=C/Cc1ccc(C#N)cc1. The summed E-state index contributed by atoms with van der Waals surface area (Å²) in [6.45, 7) is 2.65. The minimum atomic E-state index is 0.697. The lowest BCUT2D eigenvalue weighted by atomic mass is 10.1. The van der Waals surface area contributed by atoms with Gasteiger partial charge in [-0.25, -0.2) is 0 Å². The highest BCUT2D eigenvalue weighted by atomic mass is 16.5. The Balaban J connectivity index is 2.48. The molecule has 72 valence electrons. The number of nitrogens with zero attached hydrogens (tertiary/aromatic N) is 1. The summed E-state index contributed by atoms with van der Waals surface area (Å²) in [6.07, 6.45) is 4.51. The second-order valence-electron chi connectivity index (χ2n) is 2.84.